The van der Waals surface area contributed by atoms with Crippen LogP contribution in [0.15, 0.2) is 12.2 Å². The normalized spacial score (nSPS) is 45.1. The van der Waals surface area contributed by atoms with Crippen molar-refractivity contribution >= 4 is 0 Å². The molecular formula is C19H32O2. The summed E-state index contributed by atoms with van der Waals surface area (Å²) in [6.45, 7) is 2.42. The van der Waals surface area contributed by atoms with Crippen LogP contribution in [0.25, 0.3) is 0 Å². The van der Waals surface area contributed by atoms with Crippen molar-refractivity contribution in [1.29, 1.82) is 0 Å². The smallest absolute Gasteiger partial charge is 0.0709 e. The van der Waals surface area contributed by atoms with E-state index in [0.717, 1.165) is 37.5 Å². The van der Waals surface area contributed by atoms with Crippen LogP contribution in [0.4, 0.5) is 0 Å². The van der Waals surface area contributed by atoms with Crippen LogP contribution in [-0.2, 0) is 0 Å². The average molecular weight is 292 g/mol. The molecular weight excluding hydrogens is 260 g/mol. The van der Waals surface area contributed by atoms with Gasteiger partial charge in [-0.25, -0.2) is 0 Å². The molecule has 0 radical (unpaired) electrons. The molecule has 0 heterocycles. The third-order valence-corrected chi connectivity index (χ3v) is 7.18. The Bertz CT molecular complexity index is 385. The second-order valence-electron chi connectivity index (χ2n) is 8.11. The lowest BCUT2D eigenvalue weighted by atomic mass is 9.57. The molecule has 2 heteroatoms. The Balaban J connectivity index is 1.72. The number of allylic oxidation sites excluding steroid dienone is 1. The molecule has 3 fully saturated rings. The zero-order valence-corrected chi connectivity index (χ0v) is 13.6. The molecule has 0 aromatic heterocycles. The summed E-state index contributed by atoms with van der Waals surface area (Å²) in [6, 6.07) is 0. The fourth-order valence-electron chi connectivity index (χ4n) is 5.66. The van der Waals surface area contributed by atoms with E-state index in [1.54, 1.807) is 0 Å². The molecule has 2 nitrogen and oxygen atoms in total. The summed E-state index contributed by atoms with van der Waals surface area (Å²) in [7, 11) is 0. The highest BCUT2D eigenvalue weighted by Gasteiger charge is 2.58. The lowest BCUT2D eigenvalue weighted by molar-refractivity contribution is -0.117. The molecule has 0 saturated heterocycles. The maximum atomic E-state index is 11.3. The maximum Gasteiger partial charge on any atom is 0.0709 e. The Labute approximate surface area is 129 Å². The third-order valence-electron chi connectivity index (χ3n) is 7.18. The molecule has 0 aliphatic heterocycles. The van der Waals surface area contributed by atoms with Crippen molar-refractivity contribution in [3.8, 4) is 0 Å². The maximum absolute atomic E-state index is 11.3. The monoisotopic (exact) mass is 292 g/mol. The molecule has 2 N–H and O–H groups in total. The molecule has 120 valence electrons. The molecule has 3 aliphatic rings. The van der Waals surface area contributed by atoms with Crippen molar-refractivity contribution in [3.63, 3.8) is 0 Å². The zero-order chi connectivity index (χ0) is 14.9. The van der Waals surface area contributed by atoms with Crippen LogP contribution in [0.3, 0.4) is 0 Å². The molecule has 0 bridgehead atoms. The van der Waals surface area contributed by atoms with Crippen LogP contribution in [-0.4, -0.2) is 22.4 Å². The molecule has 0 aromatic rings. The number of fused-ring (bicyclic) bond motifs is 1. The third kappa shape index (κ3) is 2.70. The second kappa shape index (κ2) is 6.04. The lowest BCUT2D eigenvalue weighted by Crippen LogP contribution is -2.50. The Kier molecular flexibility index (Phi) is 4.47. The molecule has 3 saturated carbocycles. The van der Waals surface area contributed by atoms with E-state index >= 15 is 0 Å². The van der Waals surface area contributed by atoms with Crippen molar-refractivity contribution in [2.75, 3.05) is 6.61 Å². The molecule has 0 spiro atoms. The summed E-state index contributed by atoms with van der Waals surface area (Å²) in [6.07, 6.45) is 16.6. The van der Waals surface area contributed by atoms with Crippen LogP contribution in [0.5, 0.6) is 0 Å². The molecule has 3 aliphatic carbocycles. The van der Waals surface area contributed by atoms with Crippen LogP contribution in [0.1, 0.15) is 71.1 Å². The predicted molar refractivity (Wildman–Crippen MR) is 85.9 cm³/mol. The van der Waals surface area contributed by atoms with Gasteiger partial charge in [-0.1, -0.05) is 51.2 Å². The topological polar surface area (TPSA) is 40.5 Å². The first-order valence-corrected chi connectivity index (χ1v) is 9.09. The molecule has 0 amide bonds. The van der Waals surface area contributed by atoms with Gasteiger partial charge >= 0.3 is 0 Å². The van der Waals surface area contributed by atoms with Gasteiger partial charge in [0.15, 0.2) is 0 Å². The Morgan fingerprint density at radius 2 is 1.76 bits per heavy atom. The number of aliphatic hydroxyl groups is 2. The summed E-state index contributed by atoms with van der Waals surface area (Å²) >= 11 is 0. The fourth-order valence-corrected chi connectivity index (χ4v) is 5.66. The molecule has 21 heavy (non-hydrogen) atoms. The SMILES string of the molecule is C[C@]12CC[C@H](C3CCCCC3)C[C@@]1(O)CC[C@@H]2/C=C/CO. The van der Waals surface area contributed by atoms with E-state index in [0.29, 0.717) is 5.92 Å². The number of rotatable bonds is 3. The van der Waals surface area contributed by atoms with E-state index in [1.807, 2.05) is 6.08 Å². The minimum atomic E-state index is -0.460. The van der Waals surface area contributed by atoms with E-state index in [-0.39, 0.29) is 12.0 Å². The Hall–Kier alpha value is -0.340. The summed E-state index contributed by atoms with van der Waals surface area (Å²) in [4.78, 5) is 0. The van der Waals surface area contributed by atoms with E-state index in [4.69, 9.17) is 5.11 Å². The Morgan fingerprint density at radius 3 is 2.48 bits per heavy atom. The van der Waals surface area contributed by atoms with Crippen molar-refractivity contribution in [2.45, 2.75) is 76.7 Å². The average Bonchev–Trinajstić information content (AvgIpc) is 2.77. The van der Waals surface area contributed by atoms with Gasteiger partial charge in [0.1, 0.15) is 0 Å². The second-order valence-corrected chi connectivity index (χ2v) is 8.11. The summed E-state index contributed by atoms with van der Waals surface area (Å²) in [5, 5.41) is 20.4. The number of aliphatic hydroxyl groups excluding tert-OH is 1. The predicted octanol–water partition coefficient (Wildman–Crippen LogP) is 4.06. The minimum absolute atomic E-state index is 0.0316. The Morgan fingerprint density at radius 1 is 1.00 bits per heavy atom. The standard InChI is InChI=1S/C19H32O2/c1-18-11-9-16(15-6-3-2-4-7-15)14-19(18,21)12-10-17(18)8-5-13-20/h5,8,15-17,20-21H,2-4,6-7,9-14H2,1H3/b8-5+/t16-,17-,18+,19-/m0/s1. The first-order chi connectivity index (χ1) is 10.1. The van der Waals surface area contributed by atoms with Gasteiger partial charge in [0.25, 0.3) is 0 Å². The van der Waals surface area contributed by atoms with Crippen molar-refractivity contribution in [2.24, 2.45) is 23.2 Å². The van der Waals surface area contributed by atoms with Gasteiger partial charge in [0.05, 0.1) is 12.2 Å². The van der Waals surface area contributed by atoms with E-state index < -0.39 is 5.60 Å². The van der Waals surface area contributed by atoms with Gasteiger partial charge in [-0.2, -0.15) is 0 Å². The molecule has 4 atom stereocenters. The van der Waals surface area contributed by atoms with Gasteiger partial charge in [0, 0.05) is 5.41 Å². The summed E-state index contributed by atoms with van der Waals surface area (Å²) < 4.78 is 0. The van der Waals surface area contributed by atoms with Gasteiger partial charge in [-0.3, -0.25) is 0 Å². The van der Waals surface area contributed by atoms with Crippen LogP contribution in [0.2, 0.25) is 0 Å². The number of hydrogen-bond donors (Lipinski definition) is 2. The molecule has 0 aromatic carbocycles. The van der Waals surface area contributed by atoms with Crippen molar-refractivity contribution < 1.29 is 10.2 Å². The van der Waals surface area contributed by atoms with Gasteiger partial charge in [0.2, 0.25) is 0 Å². The van der Waals surface area contributed by atoms with Crippen LogP contribution in [0, 0.1) is 23.2 Å². The highest BCUT2D eigenvalue weighted by Crippen LogP contribution is 2.61. The van der Waals surface area contributed by atoms with Crippen molar-refractivity contribution in [1.82, 2.24) is 0 Å². The fraction of sp³-hybridized carbons (Fsp3) is 0.895. The quantitative estimate of drug-likeness (QED) is 0.770. The first-order valence-electron chi connectivity index (χ1n) is 9.09. The largest absolute Gasteiger partial charge is 0.392 e. The van der Waals surface area contributed by atoms with E-state index in [9.17, 15) is 5.11 Å². The van der Waals surface area contributed by atoms with Crippen LogP contribution < -0.4 is 0 Å². The summed E-state index contributed by atoms with van der Waals surface area (Å²) in [5.41, 5.74) is -0.429. The lowest BCUT2D eigenvalue weighted by Gasteiger charge is -2.51. The van der Waals surface area contributed by atoms with Crippen molar-refractivity contribution in [3.05, 3.63) is 12.2 Å². The van der Waals surface area contributed by atoms with Crippen LogP contribution >= 0.6 is 0 Å². The molecule has 3 rings (SSSR count). The number of hydrogen-bond acceptors (Lipinski definition) is 2. The zero-order valence-electron chi connectivity index (χ0n) is 13.6. The minimum Gasteiger partial charge on any atom is -0.392 e. The first kappa shape index (κ1) is 15.6. The van der Waals surface area contributed by atoms with E-state index in [1.165, 1.54) is 38.5 Å². The van der Waals surface area contributed by atoms with Gasteiger partial charge < -0.3 is 10.2 Å². The highest BCUT2D eigenvalue weighted by molar-refractivity contribution is 5.14. The van der Waals surface area contributed by atoms with Gasteiger partial charge in [-0.05, 0) is 49.9 Å². The highest BCUT2D eigenvalue weighted by atomic mass is 16.3. The summed E-state index contributed by atoms with van der Waals surface area (Å²) in [5.74, 6) is 2.07. The molecule has 0 unspecified atom stereocenters. The van der Waals surface area contributed by atoms with Gasteiger partial charge in [-0.15, -0.1) is 0 Å². The van der Waals surface area contributed by atoms with E-state index in [2.05, 4.69) is 13.0 Å².